The minimum Gasteiger partial charge on any atom is -0.466 e. The molecule has 0 spiro atoms. The van der Waals surface area contributed by atoms with Crippen LogP contribution in [0.2, 0.25) is 0 Å². The molecule has 17 heavy (non-hydrogen) atoms. The first kappa shape index (κ1) is 14.5. The normalized spacial score (nSPS) is 17.0. The first-order chi connectivity index (χ1) is 8.33. The SMILES string of the molecule is CCOC(=O)CCCCCCC1CCCCC1. The highest BCUT2D eigenvalue weighted by molar-refractivity contribution is 5.69. The fourth-order valence-electron chi connectivity index (χ4n) is 2.76. The Labute approximate surface area is 106 Å². The van der Waals surface area contributed by atoms with Crippen molar-refractivity contribution < 1.29 is 9.53 Å². The van der Waals surface area contributed by atoms with E-state index in [2.05, 4.69) is 0 Å². The van der Waals surface area contributed by atoms with Crippen molar-refractivity contribution in [1.29, 1.82) is 0 Å². The summed E-state index contributed by atoms with van der Waals surface area (Å²) in [6.45, 7) is 2.38. The molecule has 0 aromatic heterocycles. The molecule has 0 unspecified atom stereocenters. The number of unbranched alkanes of at least 4 members (excludes halogenated alkanes) is 3. The molecule has 1 aliphatic carbocycles. The van der Waals surface area contributed by atoms with Crippen LogP contribution in [0.25, 0.3) is 0 Å². The predicted octanol–water partition coefficient (Wildman–Crippen LogP) is 4.47. The number of hydrogen-bond donors (Lipinski definition) is 0. The van der Waals surface area contributed by atoms with Crippen molar-refractivity contribution in [1.82, 2.24) is 0 Å². The van der Waals surface area contributed by atoms with Gasteiger partial charge in [0.25, 0.3) is 0 Å². The summed E-state index contributed by atoms with van der Waals surface area (Å²) in [4.78, 5) is 11.1. The van der Waals surface area contributed by atoms with Crippen molar-refractivity contribution in [3.63, 3.8) is 0 Å². The molecule has 0 aromatic rings. The number of carbonyl (C=O) groups excluding carboxylic acids is 1. The van der Waals surface area contributed by atoms with Gasteiger partial charge in [-0.05, 0) is 19.3 Å². The van der Waals surface area contributed by atoms with E-state index in [4.69, 9.17) is 4.74 Å². The van der Waals surface area contributed by atoms with Gasteiger partial charge in [0.1, 0.15) is 0 Å². The van der Waals surface area contributed by atoms with Crippen LogP contribution in [0, 0.1) is 5.92 Å². The first-order valence-electron chi connectivity index (χ1n) is 7.48. The largest absolute Gasteiger partial charge is 0.466 e. The van der Waals surface area contributed by atoms with Crippen molar-refractivity contribution in [2.24, 2.45) is 5.92 Å². The predicted molar refractivity (Wildman–Crippen MR) is 70.9 cm³/mol. The lowest BCUT2D eigenvalue weighted by molar-refractivity contribution is -0.143. The lowest BCUT2D eigenvalue weighted by atomic mass is 9.85. The first-order valence-corrected chi connectivity index (χ1v) is 7.48. The van der Waals surface area contributed by atoms with Crippen LogP contribution in [0.15, 0.2) is 0 Å². The summed E-state index contributed by atoms with van der Waals surface area (Å²) in [7, 11) is 0. The maximum atomic E-state index is 11.1. The molecule has 0 amide bonds. The fourth-order valence-corrected chi connectivity index (χ4v) is 2.76. The van der Waals surface area contributed by atoms with E-state index in [0.717, 1.165) is 12.3 Å². The Hall–Kier alpha value is -0.530. The van der Waals surface area contributed by atoms with Crippen LogP contribution in [0.5, 0.6) is 0 Å². The van der Waals surface area contributed by atoms with Crippen molar-refractivity contribution in [2.75, 3.05) is 6.61 Å². The van der Waals surface area contributed by atoms with Crippen LogP contribution in [0.1, 0.15) is 77.6 Å². The van der Waals surface area contributed by atoms with Gasteiger partial charge in [0.2, 0.25) is 0 Å². The molecule has 0 saturated heterocycles. The van der Waals surface area contributed by atoms with Crippen LogP contribution < -0.4 is 0 Å². The van der Waals surface area contributed by atoms with Gasteiger partial charge in [-0.3, -0.25) is 4.79 Å². The maximum absolute atomic E-state index is 11.1. The summed E-state index contributed by atoms with van der Waals surface area (Å²) in [5, 5.41) is 0. The summed E-state index contributed by atoms with van der Waals surface area (Å²) < 4.78 is 4.90. The average molecular weight is 240 g/mol. The van der Waals surface area contributed by atoms with E-state index in [1.165, 1.54) is 57.8 Å². The monoisotopic (exact) mass is 240 g/mol. The molecule has 2 heteroatoms. The smallest absolute Gasteiger partial charge is 0.305 e. The van der Waals surface area contributed by atoms with Crippen molar-refractivity contribution in [2.45, 2.75) is 77.6 Å². The van der Waals surface area contributed by atoms with Gasteiger partial charge in [-0.25, -0.2) is 0 Å². The molecule has 1 saturated carbocycles. The Balaban J connectivity index is 1.85. The molecular weight excluding hydrogens is 212 g/mol. The van der Waals surface area contributed by atoms with E-state index >= 15 is 0 Å². The molecule has 0 atom stereocenters. The topological polar surface area (TPSA) is 26.3 Å². The number of hydrogen-bond acceptors (Lipinski definition) is 2. The van der Waals surface area contributed by atoms with Gasteiger partial charge in [0.05, 0.1) is 6.61 Å². The Kier molecular flexibility index (Phi) is 8.12. The summed E-state index contributed by atoms with van der Waals surface area (Å²) in [5.41, 5.74) is 0. The Morgan fingerprint density at radius 2 is 1.76 bits per heavy atom. The van der Waals surface area contributed by atoms with E-state index < -0.39 is 0 Å². The maximum Gasteiger partial charge on any atom is 0.305 e. The van der Waals surface area contributed by atoms with Gasteiger partial charge in [0.15, 0.2) is 0 Å². The third kappa shape index (κ3) is 7.40. The van der Waals surface area contributed by atoms with E-state index in [-0.39, 0.29) is 5.97 Å². The summed E-state index contributed by atoms with van der Waals surface area (Å²) in [5.74, 6) is 0.980. The molecule has 0 aliphatic heterocycles. The molecular formula is C15H28O2. The van der Waals surface area contributed by atoms with Gasteiger partial charge >= 0.3 is 5.97 Å². The number of ether oxygens (including phenoxy) is 1. The van der Waals surface area contributed by atoms with Crippen LogP contribution in [-0.4, -0.2) is 12.6 Å². The van der Waals surface area contributed by atoms with Crippen molar-refractivity contribution in [3.8, 4) is 0 Å². The minimum atomic E-state index is -0.0280. The van der Waals surface area contributed by atoms with Gasteiger partial charge in [-0.15, -0.1) is 0 Å². The number of esters is 1. The average Bonchev–Trinajstić information content (AvgIpc) is 2.35. The van der Waals surface area contributed by atoms with Gasteiger partial charge < -0.3 is 4.74 Å². The van der Waals surface area contributed by atoms with E-state index in [0.29, 0.717) is 13.0 Å². The zero-order chi connectivity index (χ0) is 12.3. The van der Waals surface area contributed by atoms with E-state index in [1.807, 2.05) is 6.92 Å². The second-order valence-electron chi connectivity index (χ2n) is 5.26. The van der Waals surface area contributed by atoms with Crippen LogP contribution >= 0.6 is 0 Å². The summed E-state index contributed by atoms with van der Waals surface area (Å²) >= 11 is 0. The Bertz CT molecular complexity index is 195. The minimum absolute atomic E-state index is 0.0280. The summed E-state index contributed by atoms with van der Waals surface area (Å²) in [6, 6.07) is 0. The second kappa shape index (κ2) is 9.49. The Morgan fingerprint density at radius 3 is 2.47 bits per heavy atom. The molecule has 0 radical (unpaired) electrons. The third-order valence-corrected chi connectivity index (χ3v) is 3.77. The van der Waals surface area contributed by atoms with E-state index in [1.54, 1.807) is 0 Å². The third-order valence-electron chi connectivity index (χ3n) is 3.77. The summed E-state index contributed by atoms with van der Waals surface area (Å²) in [6.07, 6.45) is 14.1. The lowest BCUT2D eigenvalue weighted by Crippen LogP contribution is -2.06. The molecule has 1 rings (SSSR count). The van der Waals surface area contributed by atoms with Gasteiger partial charge in [0, 0.05) is 6.42 Å². The highest BCUT2D eigenvalue weighted by Gasteiger charge is 2.12. The molecule has 1 fully saturated rings. The molecule has 0 heterocycles. The highest BCUT2D eigenvalue weighted by atomic mass is 16.5. The molecule has 100 valence electrons. The van der Waals surface area contributed by atoms with Crippen LogP contribution in [-0.2, 0) is 9.53 Å². The zero-order valence-electron chi connectivity index (χ0n) is 11.4. The Morgan fingerprint density at radius 1 is 1.06 bits per heavy atom. The molecule has 0 N–H and O–H groups in total. The number of carbonyl (C=O) groups is 1. The lowest BCUT2D eigenvalue weighted by Gasteiger charge is -2.21. The van der Waals surface area contributed by atoms with Gasteiger partial charge in [-0.2, -0.15) is 0 Å². The molecule has 1 aliphatic rings. The number of rotatable bonds is 8. The second-order valence-corrected chi connectivity index (χ2v) is 5.26. The fraction of sp³-hybridized carbons (Fsp3) is 0.933. The van der Waals surface area contributed by atoms with Gasteiger partial charge in [-0.1, -0.05) is 57.8 Å². The van der Waals surface area contributed by atoms with Crippen LogP contribution in [0.3, 0.4) is 0 Å². The van der Waals surface area contributed by atoms with Crippen molar-refractivity contribution >= 4 is 5.97 Å². The zero-order valence-corrected chi connectivity index (χ0v) is 11.4. The highest BCUT2D eigenvalue weighted by Crippen LogP contribution is 2.27. The molecule has 0 aromatic carbocycles. The van der Waals surface area contributed by atoms with Crippen LogP contribution in [0.4, 0.5) is 0 Å². The standard InChI is InChI=1S/C15H28O2/c1-2-17-15(16)13-9-4-3-6-10-14-11-7-5-8-12-14/h14H,2-13H2,1H3. The van der Waals surface area contributed by atoms with E-state index in [9.17, 15) is 4.79 Å². The van der Waals surface area contributed by atoms with Crippen molar-refractivity contribution in [3.05, 3.63) is 0 Å². The quantitative estimate of drug-likeness (QED) is 0.462. The molecule has 0 bridgehead atoms. The molecule has 2 nitrogen and oxygen atoms in total.